The topological polar surface area (TPSA) is 76.7 Å². The molecule has 3 N–H and O–H groups in total. The van der Waals surface area contributed by atoms with Gasteiger partial charge in [0.2, 0.25) is 5.13 Å². The van der Waals surface area contributed by atoms with Gasteiger partial charge in [0.15, 0.2) is 0 Å². The van der Waals surface area contributed by atoms with Gasteiger partial charge in [-0.05, 0) is 41.7 Å². The minimum atomic E-state index is -4.33. The lowest BCUT2D eigenvalue weighted by Crippen LogP contribution is -2.31. The Balaban J connectivity index is 1.34. The Morgan fingerprint density at radius 2 is 1.86 bits per heavy atom. The monoisotopic (exact) mass is 435 g/mol. The molecule has 1 atom stereocenters. The van der Waals surface area contributed by atoms with Crippen LogP contribution in [0.15, 0.2) is 48.7 Å². The Hall–Kier alpha value is -2.56. The molecule has 2 heterocycles. The number of aromatic nitrogens is 3. The molecule has 0 radical (unpaired) electrons. The van der Waals surface area contributed by atoms with Crippen molar-refractivity contribution in [1.29, 1.82) is 0 Å². The predicted octanol–water partition coefficient (Wildman–Crippen LogP) is 4.82. The molecule has 2 aromatic carbocycles. The average molecular weight is 436 g/mol. The van der Waals surface area contributed by atoms with Crippen molar-refractivity contribution >= 4 is 38.1 Å². The molecule has 4 aromatic rings. The summed E-state index contributed by atoms with van der Waals surface area (Å²) in [5.41, 5.74) is 7.18. The third kappa shape index (κ3) is 4.72. The summed E-state index contributed by atoms with van der Waals surface area (Å²) >= 11 is 2.85. The number of fused-ring (bicyclic) bond motifs is 1. The minimum absolute atomic E-state index is 0.271. The number of hydrogen-bond donors (Lipinski definition) is 2. The van der Waals surface area contributed by atoms with E-state index in [1.54, 1.807) is 0 Å². The molecule has 29 heavy (non-hydrogen) atoms. The van der Waals surface area contributed by atoms with E-state index in [4.69, 9.17) is 5.73 Å². The van der Waals surface area contributed by atoms with Crippen molar-refractivity contribution in [2.45, 2.75) is 18.6 Å². The average Bonchev–Trinajstić information content (AvgIpc) is 3.35. The first-order chi connectivity index (χ1) is 13.9. The normalized spacial score (nSPS) is 13.0. The second kappa shape index (κ2) is 8.05. The quantitative estimate of drug-likeness (QED) is 0.454. The Morgan fingerprint density at radius 1 is 1.07 bits per heavy atom. The number of nitrogens with one attached hydrogen (secondary N) is 1. The number of rotatable bonds is 6. The largest absolute Gasteiger partial charge is 0.416 e. The molecule has 0 spiro atoms. The van der Waals surface area contributed by atoms with Gasteiger partial charge in [-0.3, -0.25) is 0 Å². The van der Waals surface area contributed by atoms with Crippen LogP contribution in [0.2, 0.25) is 0 Å². The molecule has 4 rings (SSSR count). The smallest absolute Gasteiger partial charge is 0.359 e. The zero-order valence-electron chi connectivity index (χ0n) is 15.0. The Morgan fingerprint density at radius 3 is 2.62 bits per heavy atom. The van der Waals surface area contributed by atoms with Gasteiger partial charge in [0, 0.05) is 29.7 Å². The lowest BCUT2D eigenvalue weighted by Gasteiger charge is -2.13. The number of alkyl halides is 3. The van der Waals surface area contributed by atoms with E-state index >= 15 is 0 Å². The van der Waals surface area contributed by atoms with Crippen molar-refractivity contribution in [3.63, 3.8) is 0 Å². The van der Waals surface area contributed by atoms with Gasteiger partial charge < -0.3 is 11.1 Å². The first kappa shape index (κ1) is 19.7. The summed E-state index contributed by atoms with van der Waals surface area (Å²) < 4.78 is 43.1. The molecule has 0 aliphatic carbocycles. The van der Waals surface area contributed by atoms with Crippen LogP contribution in [-0.4, -0.2) is 27.2 Å². The maximum atomic E-state index is 12.6. The molecular weight excluding hydrogens is 419 g/mol. The highest BCUT2D eigenvalue weighted by Crippen LogP contribution is 2.31. The highest BCUT2D eigenvalue weighted by Gasteiger charge is 2.29. The maximum absolute atomic E-state index is 12.6. The highest BCUT2D eigenvalue weighted by molar-refractivity contribution is 7.18. The maximum Gasteiger partial charge on any atom is 0.416 e. The lowest BCUT2D eigenvalue weighted by molar-refractivity contribution is -0.137. The van der Waals surface area contributed by atoms with Crippen LogP contribution in [0, 0.1) is 0 Å². The molecule has 10 heteroatoms. The lowest BCUT2D eigenvalue weighted by atomic mass is 10.0. The molecule has 0 bridgehead atoms. The van der Waals surface area contributed by atoms with Gasteiger partial charge in [0.05, 0.1) is 10.3 Å². The molecule has 150 valence electrons. The van der Waals surface area contributed by atoms with Crippen LogP contribution in [0.25, 0.3) is 20.7 Å². The predicted molar refractivity (Wildman–Crippen MR) is 110 cm³/mol. The standard InChI is InChI=1S/C19H16F3N5S2/c20-19(21,22)14-5-1-11(2-6-14)7-15(23)10-24-18-27-26-17(28-18)12-3-4-13-9-25-29-16(13)8-12/h1-6,8-9,15H,7,10,23H2,(H,24,27). The van der Waals surface area contributed by atoms with Crippen LogP contribution in [0.4, 0.5) is 18.3 Å². The molecule has 0 saturated heterocycles. The van der Waals surface area contributed by atoms with E-state index < -0.39 is 11.7 Å². The third-order valence-electron chi connectivity index (χ3n) is 4.32. The van der Waals surface area contributed by atoms with E-state index in [0.717, 1.165) is 38.4 Å². The molecule has 5 nitrogen and oxygen atoms in total. The van der Waals surface area contributed by atoms with Crippen molar-refractivity contribution in [2.24, 2.45) is 5.73 Å². The number of hydrogen-bond acceptors (Lipinski definition) is 7. The molecular formula is C19H16F3N5S2. The van der Waals surface area contributed by atoms with E-state index in [2.05, 4.69) is 19.9 Å². The van der Waals surface area contributed by atoms with Gasteiger partial charge in [0.1, 0.15) is 5.01 Å². The van der Waals surface area contributed by atoms with E-state index in [9.17, 15) is 13.2 Å². The molecule has 0 fully saturated rings. The summed E-state index contributed by atoms with van der Waals surface area (Å²) in [6, 6.07) is 10.8. The zero-order valence-corrected chi connectivity index (χ0v) is 16.6. The van der Waals surface area contributed by atoms with Gasteiger partial charge in [-0.25, -0.2) is 0 Å². The van der Waals surface area contributed by atoms with Gasteiger partial charge in [-0.15, -0.1) is 10.2 Å². The second-order valence-electron chi connectivity index (χ2n) is 6.53. The number of anilines is 1. The fraction of sp³-hybridized carbons (Fsp3) is 0.211. The van der Waals surface area contributed by atoms with Crippen molar-refractivity contribution in [3.8, 4) is 10.6 Å². The third-order valence-corrected chi connectivity index (χ3v) is 6.01. The Kier molecular flexibility index (Phi) is 5.48. The molecule has 2 aromatic heterocycles. The molecule has 0 amide bonds. The van der Waals surface area contributed by atoms with E-state index in [1.807, 2.05) is 24.4 Å². The summed E-state index contributed by atoms with van der Waals surface area (Å²) in [5, 5.41) is 14.0. The zero-order chi connectivity index (χ0) is 20.4. The second-order valence-corrected chi connectivity index (χ2v) is 8.34. The molecule has 1 unspecified atom stereocenters. The number of benzene rings is 2. The van der Waals surface area contributed by atoms with E-state index in [-0.39, 0.29) is 6.04 Å². The summed E-state index contributed by atoms with van der Waals surface area (Å²) in [6.45, 7) is 0.434. The Labute approximate surface area is 172 Å². The highest BCUT2D eigenvalue weighted by atomic mass is 32.1. The van der Waals surface area contributed by atoms with Crippen LogP contribution < -0.4 is 11.1 Å². The summed E-state index contributed by atoms with van der Waals surface area (Å²) in [7, 11) is 0. The van der Waals surface area contributed by atoms with E-state index in [1.165, 1.54) is 35.0 Å². The van der Waals surface area contributed by atoms with E-state index in [0.29, 0.717) is 18.1 Å². The summed E-state index contributed by atoms with van der Waals surface area (Å²) in [5.74, 6) is 0. The summed E-state index contributed by atoms with van der Waals surface area (Å²) in [4.78, 5) is 0. The number of nitrogens with two attached hydrogens (primary N) is 1. The van der Waals surface area contributed by atoms with Crippen LogP contribution in [-0.2, 0) is 12.6 Å². The molecule has 0 aliphatic rings. The first-order valence-electron chi connectivity index (χ1n) is 8.72. The van der Waals surface area contributed by atoms with Gasteiger partial charge in [-0.1, -0.05) is 35.6 Å². The molecule has 0 saturated carbocycles. The minimum Gasteiger partial charge on any atom is -0.359 e. The van der Waals surface area contributed by atoms with Crippen LogP contribution in [0.3, 0.4) is 0 Å². The van der Waals surface area contributed by atoms with Gasteiger partial charge in [-0.2, -0.15) is 17.5 Å². The number of halogens is 3. The Bertz CT molecular complexity index is 1100. The van der Waals surface area contributed by atoms with Gasteiger partial charge in [0.25, 0.3) is 0 Å². The van der Waals surface area contributed by atoms with Gasteiger partial charge >= 0.3 is 6.18 Å². The first-order valence-corrected chi connectivity index (χ1v) is 10.3. The SMILES string of the molecule is NC(CNc1nnc(-c2ccc3cnsc3c2)s1)Cc1ccc(C(F)(F)F)cc1. The van der Waals surface area contributed by atoms with Crippen molar-refractivity contribution in [3.05, 3.63) is 59.8 Å². The fourth-order valence-corrected chi connectivity index (χ4v) is 4.26. The fourth-order valence-electron chi connectivity index (χ4n) is 2.83. The van der Waals surface area contributed by atoms with Crippen LogP contribution >= 0.6 is 22.9 Å². The van der Waals surface area contributed by atoms with Crippen molar-refractivity contribution in [1.82, 2.24) is 14.6 Å². The van der Waals surface area contributed by atoms with Crippen molar-refractivity contribution in [2.75, 3.05) is 11.9 Å². The summed E-state index contributed by atoms with van der Waals surface area (Å²) in [6.07, 6.45) is -2.05. The number of nitrogens with zero attached hydrogens (tertiary/aromatic N) is 3. The van der Waals surface area contributed by atoms with Crippen LogP contribution in [0.1, 0.15) is 11.1 Å². The van der Waals surface area contributed by atoms with Crippen molar-refractivity contribution < 1.29 is 13.2 Å². The van der Waals surface area contributed by atoms with Crippen LogP contribution in [0.5, 0.6) is 0 Å². The molecule has 0 aliphatic heterocycles.